The molecule has 0 saturated carbocycles. The molecule has 4 aromatic carbocycles. The normalized spacial score (nSPS) is 24.3. The van der Waals surface area contributed by atoms with Crippen molar-refractivity contribution in [3.63, 3.8) is 0 Å². The number of amides is 3. The first-order chi connectivity index (χ1) is 18.8. The van der Waals surface area contributed by atoms with E-state index in [4.69, 9.17) is 0 Å². The number of hydrogen-bond acceptors (Lipinski definition) is 3. The second kappa shape index (κ2) is 8.24. The maximum absolute atomic E-state index is 14.5. The van der Waals surface area contributed by atoms with E-state index < -0.39 is 11.3 Å². The van der Waals surface area contributed by atoms with Crippen LogP contribution in [0.15, 0.2) is 91.0 Å². The lowest BCUT2D eigenvalue weighted by Gasteiger charge is -2.51. The van der Waals surface area contributed by atoms with Crippen LogP contribution in [0.3, 0.4) is 0 Å². The van der Waals surface area contributed by atoms with E-state index >= 15 is 0 Å². The lowest BCUT2D eigenvalue weighted by atomic mass is 9.48. The average Bonchev–Trinajstić information content (AvgIpc) is 3.16. The lowest BCUT2D eigenvalue weighted by molar-refractivity contribution is -0.128. The van der Waals surface area contributed by atoms with E-state index in [1.54, 1.807) is 24.3 Å². The molecule has 5 heteroatoms. The Kier molecular flexibility index (Phi) is 4.99. The number of aryl methyl sites for hydroxylation is 1. The maximum atomic E-state index is 14.5. The molecule has 2 atom stereocenters. The highest BCUT2D eigenvalue weighted by Gasteiger charge is 2.69. The summed E-state index contributed by atoms with van der Waals surface area (Å²) in [6, 6.07) is 29.1. The van der Waals surface area contributed by atoms with Gasteiger partial charge in [-0.1, -0.05) is 72.8 Å². The van der Waals surface area contributed by atoms with Gasteiger partial charge in [0.1, 0.15) is 0 Å². The number of para-hydroxylation sites is 1. The first-order valence-electron chi connectivity index (χ1n) is 13.4. The zero-order valence-corrected chi connectivity index (χ0v) is 22.1. The van der Waals surface area contributed by atoms with Crippen LogP contribution >= 0.6 is 0 Å². The quantitative estimate of drug-likeness (QED) is 0.326. The van der Waals surface area contributed by atoms with Crippen LogP contribution in [0.2, 0.25) is 0 Å². The fourth-order valence-electron chi connectivity index (χ4n) is 7.28. The number of imide groups is 1. The molecule has 0 radical (unpaired) electrons. The molecule has 3 aliphatic carbocycles. The SMILES string of the molecule is Cc1cccc(NC(=O)c2ccccc2N2C(=O)[C@@H]3C4c5ccccc5C(c5ccccc54)[C@]3(C)C2=O)c1C. The van der Waals surface area contributed by atoms with Gasteiger partial charge in [0.25, 0.3) is 5.91 Å². The number of nitrogens with one attached hydrogen (secondary N) is 1. The monoisotopic (exact) mass is 512 g/mol. The Balaban J connectivity index is 1.35. The first-order valence-corrected chi connectivity index (χ1v) is 13.4. The molecule has 1 aliphatic heterocycles. The van der Waals surface area contributed by atoms with E-state index in [9.17, 15) is 14.4 Å². The molecule has 4 aliphatic rings. The highest BCUT2D eigenvalue weighted by molar-refractivity contribution is 6.27. The largest absolute Gasteiger partial charge is 0.322 e. The number of nitrogens with zero attached hydrogens (tertiary/aromatic N) is 1. The van der Waals surface area contributed by atoms with Gasteiger partial charge in [-0.05, 0) is 72.4 Å². The van der Waals surface area contributed by atoms with Gasteiger partial charge in [-0.15, -0.1) is 0 Å². The molecule has 2 bridgehead atoms. The van der Waals surface area contributed by atoms with Crippen LogP contribution in [0, 0.1) is 25.2 Å². The minimum Gasteiger partial charge on any atom is -0.322 e. The summed E-state index contributed by atoms with van der Waals surface area (Å²) in [7, 11) is 0. The molecule has 1 N–H and O–H groups in total. The average molecular weight is 513 g/mol. The van der Waals surface area contributed by atoms with Gasteiger partial charge in [0.2, 0.25) is 11.8 Å². The third-order valence-electron chi connectivity index (χ3n) is 9.26. The molecular formula is C34H28N2O3. The van der Waals surface area contributed by atoms with Gasteiger partial charge in [-0.25, -0.2) is 4.90 Å². The molecule has 39 heavy (non-hydrogen) atoms. The van der Waals surface area contributed by atoms with Crippen molar-refractivity contribution >= 4 is 29.1 Å². The molecule has 1 heterocycles. The Morgan fingerprint density at radius 2 is 1.36 bits per heavy atom. The van der Waals surface area contributed by atoms with Crippen LogP contribution in [0.5, 0.6) is 0 Å². The highest BCUT2D eigenvalue weighted by Crippen LogP contribution is 2.67. The van der Waals surface area contributed by atoms with Crippen molar-refractivity contribution in [2.45, 2.75) is 32.6 Å². The molecule has 0 spiro atoms. The molecule has 5 nitrogen and oxygen atoms in total. The molecule has 1 fully saturated rings. The van der Waals surface area contributed by atoms with Crippen LogP contribution in [0.25, 0.3) is 0 Å². The number of carbonyl (C=O) groups is 3. The van der Waals surface area contributed by atoms with Gasteiger partial charge in [0, 0.05) is 17.5 Å². The van der Waals surface area contributed by atoms with Crippen molar-refractivity contribution < 1.29 is 14.4 Å². The molecule has 192 valence electrons. The fraction of sp³-hybridized carbons (Fsp3) is 0.206. The maximum Gasteiger partial charge on any atom is 0.257 e. The third-order valence-corrected chi connectivity index (χ3v) is 9.26. The number of benzene rings is 4. The summed E-state index contributed by atoms with van der Waals surface area (Å²) in [5, 5.41) is 3.00. The van der Waals surface area contributed by atoms with Gasteiger partial charge in [0.15, 0.2) is 0 Å². The van der Waals surface area contributed by atoms with Crippen LogP contribution in [-0.4, -0.2) is 17.7 Å². The van der Waals surface area contributed by atoms with Crippen LogP contribution in [0.4, 0.5) is 11.4 Å². The standard InChI is InChI=1S/C34H28N2O3/c1-19-11-10-17-26(20(19)2)35-31(37)25-16-8-9-18-27(25)36-32(38)30-28-21-12-4-6-14-23(21)29(34(30,3)33(36)39)24-15-7-5-13-22(24)28/h4-18,28-30H,1-3H3,(H,35,37)/t28?,29?,30-,34-/m0/s1. The Morgan fingerprint density at radius 3 is 2.03 bits per heavy atom. The van der Waals surface area contributed by atoms with Crippen molar-refractivity contribution in [2.24, 2.45) is 11.3 Å². The number of anilines is 2. The van der Waals surface area contributed by atoms with Crippen molar-refractivity contribution in [1.29, 1.82) is 0 Å². The zero-order chi connectivity index (χ0) is 27.1. The molecular weight excluding hydrogens is 484 g/mol. The Morgan fingerprint density at radius 1 is 0.769 bits per heavy atom. The highest BCUT2D eigenvalue weighted by atomic mass is 16.2. The predicted octanol–water partition coefficient (Wildman–Crippen LogP) is 6.34. The molecule has 4 aromatic rings. The number of rotatable bonds is 3. The molecule has 0 aromatic heterocycles. The van der Waals surface area contributed by atoms with E-state index in [1.807, 2.05) is 63.2 Å². The van der Waals surface area contributed by atoms with Gasteiger partial charge in [-0.2, -0.15) is 0 Å². The molecule has 3 amide bonds. The van der Waals surface area contributed by atoms with Crippen LogP contribution < -0.4 is 10.2 Å². The zero-order valence-electron chi connectivity index (χ0n) is 22.1. The van der Waals surface area contributed by atoms with Crippen molar-refractivity contribution in [1.82, 2.24) is 0 Å². The predicted molar refractivity (Wildman–Crippen MR) is 151 cm³/mol. The Labute approximate surface area is 227 Å². The molecule has 1 saturated heterocycles. The van der Waals surface area contributed by atoms with E-state index in [0.717, 1.165) is 33.4 Å². The van der Waals surface area contributed by atoms with Crippen molar-refractivity contribution in [2.75, 3.05) is 10.2 Å². The second-order valence-corrected chi connectivity index (χ2v) is 11.1. The number of carbonyl (C=O) groups excluding carboxylic acids is 3. The van der Waals surface area contributed by atoms with Crippen molar-refractivity contribution in [3.05, 3.63) is 130 Å². The van der Waals surface area contributed by atoms with E-state index in [0.29, 0.717) is 16.9 Å². The van der Waals surface area contributed by atoms with Gasteiger partial charge < -0.3 is 5.32 Å². The van der Waals surface area contributed by atoms with E-state index in [2.05, 4.69) is 29.6 Å². The summed E-state index contributed by atoms with van der Waals surface area (Å²) in [5.41, 5.74) is 6.89. The topological polar surface area (TPSA) is 66.5 Å². The third kappa shape index (κ3) is 3.04. The summed E-state index contributed by atoms with van der Waals surface area (Å²) in [6.45, 7) is 5.90. The Hall–Kier alpha value is -4.51. The summed E-state index contributed by atoms with van der Waals surface area (Å²) < 4.78 is 0. The molecule has 0 unspecified atom stereocenters. The van der Waals surface area contributed by atoms with Gasteiger partial charge in [-0.3, -0.25) is 14.4 Å². The van der Waals surface area contributed by atoms with E-state index in [-0.39, 0.29) is 29.6 Å². The lowest BCUT2D eigenvalue weighted by Crippen LogP contribution is -2.49. The summed E-state index contributed by atoms with van der Waals surface area (Å²) >= 11 is 0. The summed E-state index contributed by atoms with van der Waals surface area (Å²) in [6.07, 6.45) is 0. The minimum atomic E-state index is -0.957. The Bertz CT molecular complexity index is 1680. The van der Waals surface area contributed by atoms with E-state index in [1.165, 1.54) is 4.90 Å². The minimum absolute atomic E-state index is 0.218. The summed E-state index contributed by atoms with van der Waals surface area (Å²) in [4.78, 5) is 43.8. The number of hydrogen-bond donors (Lipinski definition) is 1. The smallest absolute Gasteiger partial charge is 0.257 e. The fourth-order valence-corrected chi connectivity index (χ4v) is 7.28. The van der Waals surface area contributed by atoms with Crippen molar-refractivity contribution in [3.8, 4) is 0 Å². The first kappa shape index (κ1) is 23.6. The van der Waals surface area contributed by atoms with Crippen LogP contribution in [-0.2, 0) is 9.59 Å². The van der Waals surface area contributed by atoms with Gasteiger partial charge in [0.05, 0.1) is 22.6 Å². The van der Waals surface area contributed by atoms with Crippen LogP contribution in [0.1, 0.15) is 62.5 Å². The second-order valence-electron chi connectivity index (χ2n) is 11.1. The summed E-state index contributed by atoms with van der Waals surface area (Å²) in [5.74, 6) is -1.84. The van der Waals surface area contributed by atoms with Gasteiger partial charge >= 0.3 is 0 Å². The molecule has 8 rings (SSSR count).